The Bertz CT molecular complexity index is 502. The van der Waals surface area contributed by atoms with Gasteiger partial charge in [-0.25, -0.2) is 0 Å². The summed E-state index contributed by atoms with van der Waals surface area (Å²) in [6.07, 6.45) is 2.46. The molecule has 0 aliphatic rings. The normalized spacial score (nSPS) is 14.1. The highest BCUT2D eigenvalue weighted by Gasteiger charge is 2.39. The highest BCUT2D eigenvalue weighted by Crippen LogP contribution is 2.32. The first-order chi connectivity index (χ1) is 8.69. The Morgan fingerprint density at radius 1 is 1.22 bits per heavy atom. The molecule has 2 rings (SSSR count). The van der Waals surface area contributed by atoms with Crippen LogP contribution >= 0.6 is 0 Å². The summed E-state index contributed by atoms with van der Waals surface area (Å²) in [4.78, 5) is 11.7. The minimum Gasteiger partial charge on any atom is -0.481 e. The van der Waals surface area contributed by atoms with Crippen molar-refractivity contribution in [2.45, 2.75) is 25.2 Å². The standard InChI is InChI=1S/C15H16O3/c1-2-15(14(16)17,11-13-9-6-10-18-13)12-7-4-3-5-8-12/h3-10H,2,11H2,1H3,(H,16,17). The van der Waals surface area contributed by atoms with Gasteiger partial charge in [0.05, 0.1) is 11.7 Å². The molecular weight excluding hydrogens is 228 g/mol. The van der Waals surface area contributed by atoms with Gasteiger partial charge in [-0.05, 0) is 24.1 Å². The van der Waals surface area contributed by atoms with E-state index in [1.165, 1.54) is 0 Å². The molecule has 1 aromatic carbocycles. The fourth-order valence-electron chi connectivity index (χ4n) is 2.25. The Kier molecular flexibility index (Phi) is 3.51. The van der Waals surface area contributed by atoms with Gasteiger partial charge in [0, 0.05) is 6.42 Å². The monoisotopic (exact) mass is 244 g/mol. The zero-order valence-electron chi connectivity index (χ0n) is 10.3. The molecule has 0 spiro atoms. The van der Waals surface area contributed by atoms with Crippen LogP contribution in [0.4, 0.5) is 0 Å². The van der Waals surface area contributed by atoms with E-state index in [-0.39, 0.29) is 0 Å². The molecule has 3 heteroatoms. The van der Waals surface area contributed by atoms with Crippen molar-refractivity contribution in [2.24, 2.45) is 0 Å². The van der Waals surface area contributed by atoms with Crippen LogP contribution in [0.2, 0.25) is 0 Å². The van der Waals surface area contributed by atoms with E-state index in [0.717, 1.165) is 5.56 Å². The van der Waals surface area contributed by atoms with Gasteiger partial charge < -0.3 is 9.52 Å². The molecule has 18 heavy (non-hydrogen) atoms. The molecule has 1 atom stereocenters. The van der Waals surface area contributed by atoms with E-state index in [1.807, 2.05) is 43.3 Å². The number of hydrogen-bond acceptors (Lipinski definition) is 2. The molecule has 0 aliphatic carbocycles. The summed E-state index contributed by atoms with van der Waals surface area (Å²) in [5.41, 5.74) is -0.101. The molecule has 0 saturated carbocycles. The summed E-state index contributed by atoms with van der Waals surface area (Å²) in [6.45, 7) is 1.89. The summed E-state index contributed by atoms with van der Waals surface area (Å²) in [6, 6.07) is 12.9. The van der Waals surface area contributed by atoms with Crippen molar-refractivity contribution in [2.75, 3.05) is 0 Å². The van der Waals surface area contributed by atoms with Crippen molar-refractivity contribution >= 4 is 5.97 Å². The minimum atomic E-state index is -0.918. The molecule has 0 saturated heterocycles. The van der Waals surface area contributed by atoms with Gasteiger partial charge in [-0.3, -0.25) is 4.79 Å². The third-order valence-corrected chi connectivity index (χ3v) is 3.40. The fourth-order valence-corrected chi connectivity index (χ4v) is 2.25. The highest BCUT2D eigenvalue weighted by molar-refractivity contribution is 5.81. The first-order valence-corrected chi connectivity index (χ1v) is 6.00. The number of aliphatic carboxylic acids is 1. The van der Waals surface area contributed by atoms with Crippen LogP contribution in [-0.2, 0) is 16.6 Å². The van der Waals surface area contributed by atoms with Gasteiger partial charge in [0.1, 0.15) is 5.76 Å². The Morgan fingerprint density at radius 2 is 1.94 bits per heavy atom. The van der Waals surface area contributed by atoms with Gasteiger partial charge in [0.25, 0.3) is 0 Å². The van der Waals surface area contributed by atoms with E-state index in [9.17, 15) is 9.90 Å². The van der Waals surface area contributed by atoms with Gasteiger partial charge in [0.15, 0.2) is 0 Å². The quantitative estimate of drug-likeness (QED) is 0.878. The largest absolute Gasteiger partial charge is 0.481 e. The molecule has 1 unspecified atom stereocenters. The minimum absolute atomic E-state index is 0.371. The molecule has 0 aliphatic heterocycles. The summed E-state index contributed by atoms with van der Waals surface area (Å²) in [5.74, 6) is -0.115. The van der Waals surface area contributed by atoms with E-state index in [2.05, 4.69) is 0 Å². The van der Waals surface area contributed by atoms with Crippen LogP contribution in [0.1, 0.15) is 24.7 Å². The number of carboxylic acid groups (broad SMARTS) is 1. The second-order valence-corrected chi connectivity index (χ2v) is 4.36. The van der Waals surface area contributed by atoms with E-state index in [1.54, 1.807) is 12.3 Å². The van der Waals surface area contributed by atoms with E-state index >= 15 is 0 Å². The third-order valence-electron chi connectivity index (χ3n) is 3.40. The molecule has 0 bridgehead atoms. The lowest BCUT2D eigenvalue weighted by molar-refractivity contribution is -0.144. The van der Waals surface area contributed by atoms with Crippen molar-refractivity contribution < 1.29 is 14.3 Å². The van der Waals surface area contributed by atoms with Crippen LogP contribution in [0.15, 0.2) is 53.1 Å². The van der Waals surface area contributed by atoms with Gasteiger partial charge in [-0.15, -0.1) is 0 Å². The lowest BCUT2D eigenvalue weighted by Gasteiger charge is -2.27. The molecule has 1 N–H and O–H groups in total. The number of benzene rings is 1. The van der Waals surface area contributed by atoms with Crippen molar-refractivity contribution in [3.63, 3.8) is 0 Å². The van der Waals surface area contributed by atoms with Gasteiger partial charge in [-0.2, -0.15) is 0 Å². The molecule has 3 nitrogen and oxygen atoms in total. The van der Waals surface area contributed by atoms with E-state index in [0.29, 0.717) is 18.6 Å². The number of rotatable bonds is 5. The van der Waals surface area contributed by atoms with Crippen molar-refractivity contribution in [3.8, 4) is 0 Å². The summed E-state index contributed by atoms with van der Waals surface area (Å²) < 4.78 is 5.30. The second-order valence-electron chi connectivity index (χ2n) is 4.36. The van der Waals surface area contributed by atoms with Gasteiger partial charge in [-0.1, -0.05) is 37.3 Å². The van der Waals surface area contributed by atoms with Crippen LogP contribution in [-0.4, -0.2) is 11.1 Å². The average molecular weight is 244 g/mol. The first-order valence-electron chi connectivity index (χ1n) is 6.00. The molecule has 1 aromatic heterocycles. The Hall–Kier alpha value is -2.03. The molecular formula is C15H16O3. The Labute approximate surface area is 106 Å². The van der Waals surface area contributed by atoms with Crippen LogP contribution in [0, 0.1) is 0 Å². The number of carboxylic acids is 1. The molecule has 0 amide bonds. The Balaban J connectivity index is 2.43. The van der Waals surface area contributed by atoms with Crippen LogP contribution in [0.3, 0.4) is 0 Å². The van der Waals surface area contributed by atoms with E-state index in [4.69, 9.17) is 4.42 Å². The van der Waals surface area contributed by atoms with Crippen molar-refractivity contribution in [3.05, 3.63) is 60.1 Å². The van der Waals surface area contributed by atoms with Crippen LogP contribution in [0.5, 0.6) is 0 Å². The summed E-state index contributed by atoms with van der Waals surface area (Å²) in [5, 5.41) is 9.63. The SMILES string of the molecule is CCC(Cc1ccco1)(C(=O)O)c1ccccc1. The van der Waals surface area contributed by atoms with Gasteiger partial charge in [0.2, 0.25) is 0 Å². The molecule has 0 fully saturated rings. The number of carbonyl (C=O) groups is 1. The van der Waals surface area contributed by atoms with E-state index < -0.39 is 11.4 Å². The molecule has 1 heterocycles. The van der Waals surface area contributed by atoms with Crippen LogP contribution < -0.4 is 0 Å². The number of hydrogen-bond donors (Lipinski definition) is 1. The Morgan fingerprint density at radius 3 is 2.44 bits per heavy atom. The zero-order valence-corrected chi connectivity index (χ0v) is 10.3. The maximum Gasteiger partial charge on any atom is 0.314 e. The maximum atomic E-state index is 11.7. The van der Waals surface area contributed by atoms with Crippen LogP contribution in [0.25, 0.3) is 0 Å². The first kappa shape index (κ1) is 12.4. The average Bonchev–Trinajstić information content (AvgIpc) is 2.89. The predicted octanol–water partition coefficient (Wildman–Crippen LogP) is 3.25. The molecule has 2 aromatic rings. The van der Waals surface area contributed by atoms with Gasteiger partial charge >= 0.3 is 5.97 Å². The smallest absolute Gasteiger partial charge is 0.314 e. The zero-order chi connectivity index (χ0) is 13.0. The lowest BCUT2D eigenvalue weighted by atomic mass is 9.75. The topological polar surface area (TPSA) is 50.4 Å². The summed E-state index contributed by atoms with van der Waals surface area (Å²) in [7, 11) is 0. The second kappa shape index (κ2) is 5.08. The molecule has 94 valence electrons. The summed E-state index contributed by atoms with van der Waals surface area (Å²) >= 11 is 0. The number of furan rings is 1. The third kappa shape index (κ3) is 2.16. The fraction of sp³-hybridized carbons (Fsp3) is 0.267. The van der Waals surface area contributed by atoms with Crippen molar-refractivity contribution in [1.82, 2.24) is 0 Å². The molecule has 0 radical (unpaired) electrons. The maximum absolute atomic E-state index is 11.7. The predicted molar refractivity (Wildman–Crippen MR) is 68.5 cm³/mol. The lowest BCUT2D eigenvalue weighted by Crippen LogP contribution is -2.37. The van der Waals surface area contributed by atoms with Crippen molar-refractivity contribution in [1.29, 1.82) is 0 Å². The highest BCUT2D eigenvalue weighted by atomic mass is 16.4.